The van der Waals surface area contributed by atoms with Gasteiger partial charge in [-0.2, -0.15) is 0 Å². The van der Waals surface area contributed by atoms with Crippen LogP contribution in [0.15, 0.2) is 42.5 Å². The Kier molecular flexibility index (Phi) is 6.23. The average Bonchev–Trinajstić information content (AvgIpc) is 2.57. The number of carbonyl (C=O) groups excluding carboxylic acids is 3. The van der Waals surface area contributed by atoms with Crippen molar-refractivity contribution in [2.45, 2.75) is 47.1 Å². The van der Waals surface area contributed by atoms with Crippen molar-refractivity contribution in [2.75, 3.05) is 0 Å². The van der Waals surface area contributed by atoms with Gasteiger partial charge in [0.2, 0.25) is 0 Å². The third-order valence-electron chi connectivity index (χ3n) is 3.93. The van der Waals surface area contributed by atoms with E-state index in [0.29, 0.717) is 16.9 Å². The number of carbonyl (C=O) groups is 3. The first-order chi connectivity index (χ1) is 13.0. The van der Waals surface area contributed by atoms with Crippen molar-refractivity contribution in [1.29, 1.82) is 0 Å². The lowest BCUT2D eigenvalue weighted by atomic mass is 10.0. The monoisotopic (exact) mass is 382 g/mol. The van der Waals surface area contributed by atoms with E-state index in [9.17, 15) is 14.4 Å². The minimum atomic E-state index is -0.637. The van der Waals surface area contributed by atoms with Crippen molar-refractivity contribution in [3.63, 3.8) is 0 Å². The molecule has 0 bridgehead atoms. The Morgan fingerprint density at radius 3 is 1.89 bits per heavy atom. The Hall–Kier alpha value is -3.15. The highest BCUT2D eigenvalue weighted by Gasteiger charge is 2.29. The van der Waals surface area contributed by atoms with Crippen LogP contribution in [0.3, 0.4) is 0 Å². The van der Waals surface area contributed by atoms with Gasteiger partial charge in [-0.15, -0.1) is 0 Å². The fourth-order valence-electron chi connectivity index (χ4n) is 2.76. The number of hydrogen-bond acceptors (Lipinski definition) is 4. The molecule has 0 aliphatic rings. The second kappa shape index (κ2) is 8.25. The van der Waals surface area contributed by atoms with Gasteiger partial charge in [0.1, 0.15) is 5.75 Å². The summed E-state index contributed by atoms with van der Waals surface area (Å²) in [6.07, 6.45) is 0. The highest BCUT2D eigenvalue weighted by atomic mass is 16.5. The van der Waals surface area contributed by atoms with Crippen LogP contribution in [0.5, 0.6) is 5.75 Å². The van der Waals surface area contributed by atoms with E-state index in [0.717, 1.165) is 11.1 Å². The number of hydrazine groups is 1. The molecule has 0 radical (unpaired) electrons. The molecular weight excluding hydrogens is 356 g/mol. The molecule has 6 heteroatoms. The van der Waals surface area contributed by atoms with Crippen LogP contribution in [0.25, 0.3) is 0 Å². The second-order valence-corrected chi connectivity index (χ2v) is 7.75. The van der Waals surface area contributed by atoms with Crippen LogP contribution in [0.1, 0.15) is 59.5 Å². The van der Waals surface area contributed by atoms with Gasteiger partial charge in [0.05, 0.1) is 5.54 Å². The zero-order valence-electron chi connectivity index (χ0n) is 17.1. The van der Waals surface area contributed by atoms with Crippen molar-refractivity contribution in [3.8, 4) is 5.75 Å². The largest absolute Gasteiger partial charge is 0.427 e. The molecule has 0 aromatic heterocycles. The summed E-state index contributed by atoms with van der Waals surface area (Å²) in [6.45, 7) is 10.7. The van der Waals surface area contributed by atoms with E-state index in [1.54, 1.807) is 12.1 Å². The number of aryl methyl sites for hydroxylation is 2. The second-order valence-electron chi connectivity index (χ2n) is 7.75. The molecule has 0 aliphatic carbocycles. The van der Waals surface area contributed by atoms with Gasteiger partial charge in [-0.05, 0) is 71.0 Å². The predicted octanol–water partition coefficient (Wildman–Crippen LogP) is 3.81. The van der Waals surface area contributed by atoms with Gasteiger partial charge in [-0.25, -0.2) is 5.01 Å². The highest BCUT2D eigenvalue weighted by molar-refractivity contribution is 5.99. The Morgan fingerprint density at radius 2 is 1.43 bits per heavy atom. The fourth-order valence-corrected chi connectivity index (χ4v) is 2.76. The first kappa shape index (κ1) is 21.2. The molecule has 0 saturated carbocycles. The number of nitrogens with one attached hydrogen (secondary N) is 1. The zero-order chi connectivity index (χ0) is 21.1. The van der Waals surface area contributed by atoms with E-state index >= 15 is 0 Å². The first-order valence-electron chi connectivity index (χ1n) is 8.99. The van der Waals surface area contributed by atoms with Crippen LogP contribution in [0.2, 0.25) is 0 Å². The SMILES string of the molecule is CC(=O)Oc1ccc(C(=O)NN(C(=O)c2cc(C)cc(C)c2)C(C)(C)C)cc1. The van der Waals surface area contributed by atoms with Gasteiger partial charge in [0.15, 0.2) is 0 Å². The standard InChI is InChI=1S/C22H26N2O4/c1-14-11-15(2)13-18(12-14)21(27)24(22(4,5)6)23-20(26)17-7-9-19(10-8-17)28-16(3)25/h7-13H,1-6H3,(H,23,26). The van der Waals surface area contributed by atoms with Crippen LogP contribution < -0.4 is 10.2 Å². The molecular formula is C22H26N2O4. The average molecular weight is 382 g/mol. The van der Waals surface area contributed by atoms with Crippen molar-refractivity contribution in [2.24, 2.45) is 0 Å². The highest BCUT2D eigenvalue weighted by Crippen LogP contribution is 2.19. The lowest BCUT2D eigenvalue weighted by Crippen LogP contribution is -2.55. The number of amides is 2. The van der Waals surface area contributed by atoms with Gasteiger partial charge < -0.3 is 4.74 Å². The molecule has 2 rings (SSSR count). The molecule has 0 aliphatic heterocycles. The van der Waals surface area contributed by atoms with E-state index in [4.69, 9.17) is 4.74 Å². The van der Waals surface area contributed by atoms with Crippen molar-refractivity contribution >= 4 is 17.8 Å². The molecule has 0 saturated heterocycles. The van der Waals surface area contributed by atoms with Crippen LogP contribution in [-0.2, 0) is 4.79 Å². The minimum Gasteiger partial charge on any atom is -0.427 e. The molecule has 0 fully saturated rings. The maximum atomic E-state index is 13.1. The lowest BCUT2D eigenvalue weighted by Gasteiger charge is -2.35. The maximum Gasteiger partial charge on any atom is 0.308 e. The molecule has 2 amide bonds. The predicted molar refractivity (Wildman–Crippen MR) is 107 cm³/mol. The Morgan fingerprint density at radius 1 is 0.893 bits per heavy atom. The van der Waals surface area contributed by atoms with Crippen molar-refractivity contribution < 1.29 is 19.1 Å². The number of hydrogen-bond donors (Lipinski definition) is 1. The maximum absolute atomic E-state index is 13.1. The fraction of sp³-hybridized carbons (Fsp3) is 0.318. The summed E-state index contributed by atoms with van der Waals surface area (Å²) in [5, 5.41) is 1.34. The van der Waals surface area contributed by atoms with E-state index in [1.807, 2.05) is 40.7 Å². The molecule has 2 aromatic carbocycles. The smallest absolute Gasteiger partial charge is 0.308 e. The minimum absolute atomic E-state index is 0.288. The Labute approximate surface area is 165 Å². The van der Waals surface area contributed by atoms with Crippen molar-refractivity contribution in [1.82, 2.24) is 10.4 Å². The van der Waals surface area contributed by atoms with Gasteiger partial charge >= 0.3 is 5.97 Å². The normalized spacial score (nSPS) is 10.9. The van der Waals surface area contributed by atoms with Gasteiger partial charge in [-0.3, -0.25) is 19.8 Å². The lowest BCUT2D eigenvalue weighted by molar-refractivity contribution is -0.131. The van der Waals surface area contributed by atoms with E-state index in [1.165, 1.54) is 36.2 Å². The molecule has 0 unspecified atom stereocenters. The molecule has 0 spiro atoms. The quantitative estimate of drug-likeness (QED) is 0.497. The molecule has 148 valence electrons. The molecule has 2 aromatic rings. The third kappa shape index (κ3) is 5.42. The topological polar surface area (TPSA) is 75.7 Å². The molecule has 6 nitrogen and oxygen atoms in total. The number of rotatable bonds is 3. The van der Waals surface area contributed by atoms with Crippen LogP contribution >= 0.6 is 0 Å². The zero-order valence-corrected chi connectivity index (χ0v) is 17.1. The number of ether oxygens (including phenoxy) is 1. The summed E-state index contributed by atoms with van der Waals surface area (Å²) in [5.74, 6) is -0.801. The summed E-state index contributed by atoms with van der Waals surface area (Å²) in [4.78, 5) is 36.8. The molecule has 0 atom stereocenters. The first-order valence-corrected chi connectivity index (χ1v) is 8.99. The molecule has 1 N–H and O–H groups in total. The Bertz CT molecular complexity index is 875. The number of nitrogens with zero attached hydrogens (tertiary/aromatic N) is 1. The van der Waals surface area contributed by atoms with E-state index in [-0.39, 0.29) is 5.91 Å². The van der Waals surface area contributed by atoms with E-state index < -0.39 is 17.4 Å². The summed E-state index contributed by atoms with van der Waals surface area (Å²) >= 11 is 0. The summed E-state index contributed by atoms with van der Waals surface area (Å²) in [7, 11) is 0. The molecule has 28 heavy (non-hydrogen) atoms. The van der Waals surface area contributed by atoms with Gasteiger partial charge in [0, 0.05) is 18.1 Å². The van der Waals surface area contributed by atoms with Crippen LogP contribution in [-0.4, -0.2) is 28.3 Å². The van der Waals surface area contributed by atoms with E-state index in [2.05, 4.69) is 5.43 Å². The number of esters is 1. The number of benzene rings is 2. The summed E-state index contributed by atoms with van der Waals surface area (Å²) in [5.41, 5.74) is 4.88. The molecule has 0 heterocycles. The van der Waals surface area contributed by atoms with Crippen LogP contribution in [0, 0.1) is 13.8 Å². The van der Waals surface area contributed by atoms with Crippen molar-refractivity contribution in [3.05, 3.63) is 64.7 Å². The Balaban J connectivity index is 2.25. The van der Waals surface area contributed by atoms with Gasteiger partial charge in [-0.1, -0.05) is 17.2 Å². The van der Waals surface area contributed by atoms with Gasteiger partial charge in [0.25, 0.3) is 11.8 Å². The van der Waals surface area contributed by atoms with Crippen LogP contribution in [0.4, 0.5) is 0 Å². The summed E-state index contributed by atoms with van der Waals surface area (Å²) in [6, 6.07) is 11.7. The summed E-state index contributed by atoms with van der Waals surface area (Å²) < 4.78 is 4.97. The third-order valence-corrected chi connectivity index (χ3v) is 3.93.